The van der Waals surface area contributed by atoms with E-state index in [1.807, 2.05) is 0 Å². The molecule has 17 heavy (non-hydrogen) atoms. The van der Waals surface area contributed by atoms with Gasteiger partial charge in [0.2, 0.25) is 0 Å². The summed E-state index contributed by atoms with van der Waals surface area (Å²) in [5, 5.41) is 12.7. The van der Waals surface area contributed by atoms with Crippen LogP contribution in [0, 0.1) is 0 Å². The Bertz CT molecular complexity index is 264. The van der Waals surface area contributed by atoms with Crippen LogP contribution in [0.2, 0.25) is 0 Å². The van der Waals surface area contributed by atoms with Crippen LogP contribution >= 0.6 is 0 Å². The fourth-order valence-corrected chi connectivity index (χ4v) is 2.07. The Labute approximate surface area is 104 Å². The maximum atomic E-state index is 11.5. The highest BCUT2D eigenvalue weighted by Gasteiger charge is 2.40. The fourth-order valence-electron chi connectivity index (χ4n) is 2.07. The summed E-state index contributed by atoms with van der Waals surface area (Å²) in [5.74, 6) is -0.744. The lowest BCUT2D eigenvalue weighted by atomic mass is 10.0. The quantitative estimate of drug-likeness (QED) is 0.680. The van der Waals surface area contributed by atoms with E-state index in [1.165, 1.54) is 0 Å². The number of hydrogen-bond donors (Lipinski definition) is 2. The molecule has 4 heteroatoms. The number of carboxylic acid groups (broad SMARTS) is 1. The first-order valence-electron chi connectivity index (χ1n) is 6.64. The third-order valence-corrected chi connectivity index (χ3v) is 3.33. The summed E-state index contributed by atoms with van der Waals surface area (Å²) in [4.78, 5) is 13.7. The first-order valence-corrected chi connectivity index (χ1v) is 6.64. The minimum Gasteiger partial charge on any atom is -0.480 e. The van der Waals surface area contributed by atoms with Gasteiger partial charge in [0.05, 0.1) is 0 Å². The molecule has 0 spiro atoms. The standard InChI is InChI=1S/C13H26N2O2/c1-5-8-15(10(2)3)9-13(4,12(16)17)14-11-6-7-11/h10-11,14H,5-9H2,1-4H3,(H,16,17). The van der Waals surface area contributed by atoms with Gasteiger partial charge in [-0.3, -0.25) is 15.0 Å². The van der Waals surface area contributed by atoms with E-state index in [-0.39, 0.29) is 0 Å². The molecule has 0 aromatic rings. The van der Waals surface area contributed by atoms with Gasteiger partial charge in [0, 0.05) is 18.6 Å². The molecular formula is C13H26N2O2. The molecule has 1 rings (SSSR count). The van der Waals surface area contributed by atoms with E-state index in [2.05, 4.69) is 31.0 Å². The molecule has 0 bridgehead atoms. The maximum absolute atomic E-state index is 11.5. The van der Waals surface area contributed by atoms with Gasteiger partial charge >= 0.3 is 5.97 Å². The smallest absolute Gasteiger partial charge is 0.324 e. The SMILES string of the molecule is CCCN(CC(C)(NC1CC1)C(=O)O)C(C)C. The summed E-state index contributed by atoms with van der Waals surface area (Å²) < 4.78 is 0. The van der Waals surface area contributed by atoms with E-state index in [1.54, 1.807) is 6.92 Å². The second-order valence-corrected chi connectivity index (χ2v) is 5.62. The largest absolute Gasteiger partial charge is 0.480 e. The van der Waals surface area contributed by atoms with Crippen molar-refractivity contribution in [3.63, 3.8) is 0 Å². The third-order valence-electron chi connectivity index (χ3n) is 3.33. The van der Waals surface area contributed by atoms with Gasteiger partial charge in [-0.15, -0.1) is 0 Å². The Kier molecular flexibility index (Phi) is 4.95. The van der Waals surface area contributed by atoms with Crippen molar-refractivity contribution < 1.29 is 9.90 Å². The average molecular weight is 242 g/mol. The van der Waals surface area contributed by atoms with Crippen LogP contribution < -0.4 is 5.32 Å². The van der Waals surface area contributed by atoms with Gasteiger partial charge in [0.15, 0.2) is 0 Å². The van der Waals surface area contributed by atoms with Crippen molar-refractivity contribution in [1.82, 2.24) is 10.2 Å². The minimum atomic E-state index is -0.819. The molecule has 1 aliphatic carbocycles. The monoisotopic (exact) mass is 242 g/mol. The van der Waals surface area contributed by atoms with Crippen LogP contribution in [0.5, 0.6) is 0 Å². The molecule has 0 heterocycles. The number of aliphatic carboxylic acids is 1. The van der Waals surface area contributed by atoms with Crippen LogP contribution in [0.25, 0.3) is 0 Å². The highest BCUT2D eigenvalue weighted by Crippen LogP contribution is 2.23. The molecule has 1 saturated carbocycles. The molecular weight excluding hydrogens is 216 g/mol. The molecule has 1 unspecified atom stereocenters. The molecule has 0 saturated heterocycles. The van der Waals surface area contributed by atoms with Gasteiger partial charge in [0.1, 0.15) is 5.54 Å². The number of carbonyl (C=O) groups is 1. The highest BCUT2D eigenvalue weighted by atomic mass is 16.4. The van der Waals surface area contributed by atoms with Crippen molar-refractivity contribution in [1.29, 1.82) is 0 Å². The highest BCUT2D eigenvalue weighted by molar-refractivity contribution is 5.78. The summed E-state index contributed by atoms with van der Waals surface area (Å²) in [7, 11) is 0. The Hall–Kier alpha value is -0.610. The zero-order valence-electron chi connectivity index (χ0n) is 11.5. The predicted molar refractivity (Wildman–Crippen MR) is 69.2 cm³/mol. The summed E-state index contributed by atoms with van der Waals surface area (Å²) in [5.41, 5.74) is -0.819. The number of rotatable bonds is 8. The van der Waals surface area contributed by atoms with Gasteiger partial charge < -0.3 is 5.11 Å². The van der Waals surface area contributed by atoms with E-state index in [0.717, 1.165) is 25.8 Å². The number of nitrogens with one attached hydrogen (secondary N) is 1. The molecule has 1 aliphatic rings. The Morgan fingerprint density at radius 3 is 2.47 bits per heavy atom. The molecule has 4 nitrogen and oxygen atoms in total. The van der Waals surface area contributed by atoms with Gasteiger partial charge in [-0.25, -0.2) is 0 Å². The lowest BCUT2D eigenvalue weighted by molar-refractivity contribution is -0.145. The Morgan fingerprint density at radius 2 is 2.12 bits per heavy atom. The normalized spacial score (nSPS) is 19.6. The van der Waals surface area contributed by atoms with Crippen LogP contribution in [0.4, 0.5) is 0 Å². The number of hydrogen-bond acceptors (Lipinski definition) is 3. The molecule has 2 N–H and O–H groups in total. The summed E-state index contributed by atoms with van der Waals surface area (Å²) in [6, 6.07) is 0.793. The summed E-state index contributed by atoms with van der Waals surface area (Å²) in [6.07, 6.45) is 3.27. The van der Waals surface area contributed by atoms with E-state index < -0.39 is 11.5 Å². The van der Waals surface area contributed by atoms with Crippen molar-refractivity contribution in [3.8, 4) is 0 Å². The molecule has 0 amide bonds. The topological polar surface area (TPSA) is 52.6 Å². The predicted octanol–water partition coefficient (Wildman–Crippen LogP) is 1.70. The van der Waals surface area contributed by atoms with E-state index in [9.17, 15) is 9.90 Å². The molecule has 100 valence electrons. The van der Waals surface area contributed by atoms with Crippen LogP contribution in [-0.2, 0) is 4.79 Å². The average Bonchev–Trinajstić information content (AvgIpc) is 3.00. The summed E-state index contributed by atoms with van der Waals surface area (Å²) >= 11 is 0. The van der Waals surface area contributed by atoms with Gasteiger partial charge in [-0.05, 0) is 46.6 Å². The first-order chi connectivity index (χ1) is 7.89. The lowest BCUT2D eigenvalue weighted by Crippen LogP contribution is -2.58. The van der Waals surface area contributed by atoms with E-state index in [4.69, 9.17) is 0 Å². The van der Waals surface area contributed by atoms with Crippen molar-refractivity contribution in [3.05, 3.63) is 0 Å². The van der Waals surface area contributed by atoms with E-state index >= 15 is 0 Å². The zero-order chi connectivity index (χ0) is 13.1. The second-order valence-electron chi connectivity index (χ2n) is 5.62. The number of carboxylic acids is 1. The van der Waals surface area contributed by atoms with Crippen LogP contribution in [-0.4, -0.2) is 46.7 Å². The van der Waals surface area contributed by atoms with Crippen LogP contribution in [0.3, 0.4) is 0 Å². The lowest BCUT2D eigenvalue weighted by Gasteiger charge is -2.35. The van der Waals surface area contributed by atoms with Crippen LogP contribution in [0.15, 0.2) is 0 Å². The van der Waals surface area contributed by atoms with Crippen molar-refractivity contribution in [2.24, 2.45) is 0 Å². The Balaban J connectivity index is 2.65. The van der Waals surface area contributed by atoms with Crippen molar-refractivity contribution in [2.75, 3.05) is 13.1 Å². The Morgan fingerprint density at radius 1 is 1.53 bits per heavy atom. The van der Waals surface area contributed by atoms with Gasteiger partial charge in [0.25, 0.3) is 0 Å². The molecule has 0 radical (unpaired) electrons. The van der Waals surface area contributed by atoms with Gasteiger partial charge in [-0.1, -0.05) is 6.92 Å². The molecule has 1 fully saturated rings. The minimum absolute atomic E-state index is 0.384. The molecule has 0 aromatic heterocycles. The summed E-state index contributed by atoms with van der Waals surface area (Å²) in [6.45, 7) is 9.70. The van der Waals surface area contributed by atoms with Crippen molar-refractivity contribution >= 4 is 5.97 Å². The molecule has 0 aliphatic heterocycles. The van der Waals surface area contributed by atoms with Crippen LogP contribution in [0.1, 0.15) is 47.0 Å². The molecule has 1 atom stereocenters. The first kappa shape index (κ1) is 14.5. The number of nitrogens with zero attached hydrogens (tertiary/aromatic N) is 1. The molecule has 0 aromatic carbocycles. The van der Waals surface area contributed by atoms with Gasteiger partial charge in [-0.2, -0.15) is 0 Å². The van der Waals surface area contributed by atoms with Crippen molar-refractivity contribution in [2.45, 2.75) is 64.6 Å². The van der Waals surface area contributed by atoms with E-state index in [0.29, 0.717) is 18.6 Å². The second kappa shape index (κ2) is 5.83. The fraction of sp³-hybridized carbons (Fsp3) is 0.923. The third kappa shape index (κ3) is 4.28. The maximum Gasteiger partial charge on any atom is 0.324 e. The zero-order valence-corrected chi connectivity index (χ0v) is 11.5.